The number of benzene rings is 2. The van der Waals surface area contributed by atoms with Gasteiger partial charge in [0.1, 0.15) is 5.65 Å². The second-order valence-corrected chi connectivity index (χ2v) is 7.96. The van der Waals surface area contributed by atoms with E-state index in [9.17, 15) is 4.79 Å². The van der Waals surface area contributed by atoms with Crippen LogP contribution in [0.3, 0.4) is 0 Å². The Morgan fingerprint density at radius 2 is 1.77 bits per heavy atom. The molecule has 0 unspecified atom stereocenters. The van der Waals surface area contributed by atoms with Gasteiger partial charge in [-0.15, -0.1) is 0 Å². The van der Waals surface area contributed by atoms with E-state index in [1.54, 1.807) is 0 Å². The van der Waals surface area contributed by atoms with Crippen LogP contribution in [0.25, 0.3) is 16.8 Å². The Bertz CT molecular complexity index is 1180. The van der Waals surface area contributed by atoms with Crippen molar-refractivity contribution in [3.63, 3.8) is 0 Å². The summed E-state index contributed by atoms with van der Waals surface area (Å²) < 4.78 is 2.06. The first kappa shape index (κ1) is 20.6. The lowest BCUT2D eigenvalue weighted by molar-refractivity contribution is 0.0927. The molecule has 4 rings (SSSR count). The first-order valence-corrected chi connectivity index (χ1v) is 10.4. The molecule has 6 nitrogen and oxygen atoms in total. The van der Waals surface area contributed by atoms with E-state index in [1.165, 1.54) is 11.1 Å². The van der Waals surface area contributed by atoms with E-state index in [1.807, 2.05) is 50.5 Å². The van der Waals surface area contributed by atoms with Crippen LogP contribution in [0.2, 0.25) is 0 Å². The number of aryl methyl sites for hydroxylation is 1. The third-order valence-corrected chi connectivity index (χ3v) is 5.05. The monoisotopic (exact) mass is 413 g/mol. The van der Waals surface area contributed by atoms with Crippen LogP contribution >= 0.6 is 0 Å². The summed E-state index contributed by atoms with van der Waals surface area (Å²) >= 11 is 0. The van der Waals surface area contributed by atoms with Crippen molar-refractivity contribution in [2.75, 3.05) is 5.32 Å². The zero-order valence-corrected chi connectivity index (χ0v) is 18.0. The number of nitrogens with one attached hydrogen (secondary N) is 3. The molecule has 0 saturated heterocycles. The summed E-state index contributed by atoms with van der Waals surface area (Å²) in [4.78, 5) is 16.7. The van der Waals surface area contributed by atoms with Crippen molar-refractivity contribution >= 4 is 17.2 Å². The van der Waals surface area contributed by atoms with Crippen LogP contribution in [0.4, 0.5) is 5.69 Å². The number of rotatable bonds is 7. The first-order valence-electron chi connectivity index (χ1n) is 10.4. The fourth-order valence-electron chi connectivity index (χ4n) is 3.36. The van der Waals surface area contributed by atoms with Crippen LogP contribution < -0.4 is 16.2 Å². The number of anilines is 1. The minimum atomic E-state index is -0.148. The van der Waals surface area contributed by atoms with Crippen molar-refractivity contribution in [1.82, 2.24) is 20.2 Å². The molecule has 158 valence electrons. The predicted molar refractivity (Wildman–Crippen MR) is 125 cm³/mol. The quantitative estimate of drug-likeness (QED) is 0.388. The lowest BCUT2D eigenvalue weighted by Crippen LogP contribution is -2.41. The normalized spacial score (nSPS) is 11.1. The second-order valence-electron chi connectivity index (χ2n) is 7.96. The van der Waals surface area contributed by atoms with Crippen LogP contribution in [0.5, 0.6) is 0 Å². The Morgan fingerprint density at radius 1 is 1.03 bits per heavy atom. The molecule has 0 radical (unpaired) electrons. The van der Waals surface area contributed by atoms with Gasteiger partial charge in [-0.2, -0.15) is 0 Å². The van der Waals surface area contributed by atoms with Gasteiger partial charge >= 0.3 is 0 Å². The molecule has 0 saturated carbocycles. The molecule has 3 N–H and O–H groups in total. The number of hydrazine groups is 1. The molecule has 0 atom stereocenters. The molecule has 4 aromatic rings. The van der Waals surface area contributed by atoms with Gasteiger partial charge in [0.15, 0.2) is 0 Å². The van der Waals surface area contributed by atoms with Gasteiger partial charge in [0.25, 0.3) is 5.91 Å². The molecule has 2 aromatic heterocycles. The average molecular weight is 414 g/mol. The number of aromatic nitrogens is 2. The Morgan fingerprint density at radius 3 is 2.48 bits per heavy atom. The van der Waals surface area contributed by atoms with E-state index in [2.05, 4.69) is 69.0 Å². The lowest BCUT2D eigenvalue weighted by Gasteiger charge is -2.12. The minimum absolute atomic E-state index is 0.148. The summed E-state index contributed by atoms with van der Waals surface area (Å²) in [7, 11) is 0. The third kappa shape index (κ3) is 4.92. The Balaban J connectivity index is 1.50. The van der Waals surface area contributed by atoms with Gasteiger partial charge in [-0.3, -0.25) is 10.2 Å². The van der Waals surface area contributed by atoms with Crippen LogP contribution in [-0.4, -0.2) is 21.3 Å². The smallest absolute Gasteiger partial charge is 0.265 e. The summed E-state index contributed by atoms with van der Waals surface area (Å²) in [6.07, 6.45) is 5.89. The summed E-state index contributed by atoms with van der Waals surface area (Å²) in [5, 5.41) is 3.45. The maximum Gasteiger partial charge on any atom is 0.265 e. The number of carbonyl (C=O) groups is 1. The van der Waals surface area contributed by atoms with Gasteiger partial charge in [0, 0.05) is 48.0 Å². The zero-order valence-electron chi connectivity index (χ0n) is 18.0. The van der Waals surface area contributed by atoms with Crippen molar-refractivity contribution in [2.45, 2.75) is 33.4 Å². The van der Waals surface area contributed by atoms with Crippen LogP contribution in [-0.2, 0) is 6.54 Å². The van der Waals surface area contributed by atoms with Gasteiger partial charge < -0.3 is 9.72 Å². The molecular weight excluding hydrogens is 386 g/mol. The number of amides is 1. The second kappa shape index (κ2) is 9.02. The Hall–Kier alpha value is -3.64. The number of fused-ring (bicyclic) bond motifs is 1. The van der Waals surface area contributed by atoms with Crippen molar-refractivity contribution in [3.05, 3.63) is 89.9 Å². The predicted octanol–water partition coefficient (Wildman–Crippen LogP) is 4.56. The highest BCUT2D eigenvalue weighted by atomic mass is 16.2. The Kier molecular flexibility index (Phi) is 6.00. The van der Waals surface area contributed by atoms with Gasteiger partial charge in [-0.1, -0.05) is 29.8 Å². The fourth-order valence-corrected chi connectivity index (χ4v) is 3.36. The highest BCUT2D eigenvalue weighted by Crippen LogP contribution is 2.24. The molecule has 0 aliphatic heterocycles. The van der Waals surface area contributed by atoms with E-state index in [0.717, 1.165) is 22.5 Å². The fraction of sp³-hybridized carbons (Fsp3) is 0.200. The third-order valence-electron chi connectivity index (χ3n) is 5.05. The number of pyridine rings is 1. The van der Waals surface area contributed by atoms with E-state index < -0.39 is 0 Å². The first-order chi connectivity index (χ1) is 15.0. The topological polar surface area (TPSA) is 70.5 Å². The zero-order chi connectivity index (χ0) is 21.8. The van der Waals surface area contributed by atoms with E-state index >= 15 is 0 Å². The molecule has 1 amide bonds. The number of nitrogens with zero attached hydrogens (tertiary/aromatic N) is 2. The summed E-state index contributed by atoms with van der Waals surface area (Å²) in [5.74, 6) is -0.148. The molecule has 31 heavy (non-hydrogen) atoms. The van der Waals surface area contributed by atoms with Crippen molar-refractivity contribution in [1.29, 1.82) is 0 Å². The van der Waals surface area contributed by atoms with Crippen LogP contribution in [0.15, 0.2) is 73.2 Å². The van der Waals surface area contributed by atoms with Crippen molar-refractivity contribution < 1.29 is 4.79 Å². The highest BCUT2D eigenvalue weighted by Gasteiger charge is 2.09. The van der Waals surface area contributed by atoms with Gasteiger partial charge in [-0.05, 0) is 62.2 Å². The number of hydrogen-bond donors (Lipinski definition) is 3. The van der Waals surface area contributed by atoms with Gasteiger partial charge in [-0.25, -0.2) is 10.4 Å². The van der Waals surface area contributed by atoms with Crippen molar-refractivity contribution in [2.24, 2.45) is 0 Å². The summed E-state index contributed by atoms with van der Waals surface area (Å²) in [6.45, 7) is 6.66. The maximum absolute atomic E-state index is 12.1. The summed E-state index contributed by atoms with van der Waals surface area (Å²) in [5.41, 5.74) is 12.8. The number of carbonyl (C=O) groups excluding carboxylic acids is 1. The molecular formula is C25H27N5O. The molecule has 2 heterocycles. The molecule has 0 aliphatic carbocycles. The maximum atomic E-state index is 12.1. The van der Waals surface area contributed by atoms with E-state index in [4.69, 9.17) is 0 Å². The van der Waals surface area contributed by atoms with Crippen LogP contribution in [0.1, 0.15) is 35.3 Å². The number of hydrogen-bond acceptors (Lipinski definition) is 4. The molecule has 0 fully saturated rings. The Labute approximate surface area is 182 Å². The van der Waals surface area contributed by atoms with E-state index in [0.29, 0.717) is 12.1 Å². The summed E-state index contributed by atoms with van der Waals surface area (Å²) in [6, 6.07) is 18.3. The SMILES string of the molecule is Cc1ccc(-c2cc(CNc3ccc(C(=O)NNC(C)C)cc3)c3nccn3c2)cc1. The lowest BCUT2D eigenvalue weighted by atomic mass is 10.0. The molecule has 6 heteroatoms. The number of imidazole rings is 1. The van der Waals surface area contributed by atoms with E-state index in [-0.39, 0.29) is 11.9 Å². The van der Waals surface area contributed by atoms with Gasteiger partial charge in [0.05, 0.1) is 0 Å². The standard InChI is InChI=1S/C25H27N5O/c1-17(2)28-29-25(31)20-8-10-23(11-9-20)27-15-21-14-22(16-30-13-12-26-24(21)30)19-6-4-18(3)5-7-19/h4-14,16-17,27-28H,15H2,1-3H3,(H,29,31). The van der Waals surface area contributed by atoms with Crippen molar-refractivity contribution in [3.8, 4) is 11.1 Å². The molecule has 2 aromatic carbocycles. The molecule has 0 spiro atoms. The average Bonchev–Trinajstić information content (AvgIpc) is 3.25. The van der Waals surface area contributed by atoms with Crippen LogP contribution in [0, 0.1) is 6.92 Å². The molecule has 0 aliphatic rings. The minimum Gasteiger partial charge on any atom is -0.381 e. The molecule has 0 bridgehead atoms. The highest BCUT2D eigenvalue weighted by molar-refractivity contribution is 5.94. The van der Waals surface area contributed by atoms with Gasteiger partial charge in [0.2, 0.25) is 0 Å². The largest absolute Gasteiger partial charge is 0.381 e.